The molecule has 0 aromatic carbocycles. The maximum atomic E-state index is 2.36. The molecule has 14 heavy (non-hydrogen) atoms. The number of quaternary nitrogens is 2. The fourth-order valence-corrected chi connectivity index (χ4v) is 3.21. The van der Waals surface area contributed by atoms with Gasteiger partial charge in [0.2, 0.25) is 0 Å². The van der Waals surface area contributed by atoms with E-state index in [2.05, 4.69) is 13.8 Å². The highest BCUT2D eigenvalue weighted by molar-refractivity contribution is 4.65. The second-order valence-electron chi connectivity index (χ2n) is 5.45. The third-order valence-corrected chi connectivity index (χ3v) is 4.28. The van der Waals surface area contributed by atoms with Crippen LogP contribution in [0.4, 0.5) is 0 Å². The first kappa shape index (κ1) is 10.4. The molecule has 2 N–H and O–H groups in total. The summed E-state index contributed by atoms with van der Waals surface area (Å²) < 4.78 is 0. The molecule has 0 amide bonds. The van der Waals surface area contributed by atoms with Crippen LogP contribution in [0.2, 0.25) is 0 Å². The maximum absolute atomic E-state index is 2.36. The fourth-order valence-electron chi connectivity index (χ4n) is 3.21. The zero-order chi connectivity index (χ0) is 9.97. The van der Waals surface area contributed by atoms with E-state index in [4.69, 9.17) is 0 Å². The van der Waals surface area contributed by atoms with E-state index in [0.717, 1.165) is 12.1 Å². The molecule has 2 fully saturated rings. The van der Waals surface area contributed by atoms with E-state index in [1.165, 1.54) is 51.9 Å². The maximum Gasteiger partial charge on any atom is 0.127 e. The average molecular weight is 198 g/mol. The Morgan fingerprint density at radius 1 is 0.929 bits per heavy atom. The molecule has 1 heterocycles. The summed E-state index contributed by atoms with van der Waals surface area (Å²) in [7, 11) is 0. The molecule has 2 aliphatic rings. The molecule has 1 aliphatic heterocycles. The minimum atomic E-state index is 0.833. The van der Waals surface area contributed by atoms with Crippen molar-refractivity contribution in [2.75, 3.05) is 26.2 Å². The Balaban J connectivity index is 1.77. The van der Waals surface area contributed by atoms with Crippen molar-refractivity contribution in [3.05, 3.63) is 0 Å². The van der Waals surface area contributed by atoms with Crippen molar-refractivity contribution >= 4 is 0 Å². The molecule has 0 unspecified atom stereocenters. The van der Waals surface area contributed by atoms with Crippen LogP contribution in [0.25, 0.3) is 0 Å². The molecule has 1 saturated heterocycles. The van der Waals surface area contributed by atoms with Gasteiger partial charge in [-0.25, -0.2) is 0 Å². The van der Waals surface area contributed by atoms with Crippen molar-refractivity contribution in [3.8, 4) is 0 Å². The van der Waals surface area contributed by atoms with Crippen molar-refractivity contribution in [2.24, 2.45) is 0 Å². The summed E-state index contributed by atoms with van der Waals surface area (Å²) in [6.45, 7) is 10.4. The fraction of sp³-hybridized carbons (Fsp3) is 1.00. The summed E-state index contributed by atoms with van der Waals surface area (Å²) >= 11 is 0. The van der Waals surface area contributed by atoms with E-state index >= 15 is 0 Å². The van der Waals surface area contributed by atoms with Gasteiger partial charge < -0.3 is 9.80 Å². The zero-order valence-electron chi connectivity index (χ0n) is 9.81. The Morgan fingerprint density at radius 3 is 2.00 bits per heavy atom. The standard InChI is InChI=1S/C12H24N2/c1-11(2)13-7-9-14(10-8-13)12-5-3-4-6-12/h11-12H,3-10H2,1-2H3/p+2. The monoisotopic (exact) mass is 198 g/mol. The largest absolute Gasteiger partial charge is 0.324 e. The van der Waals surface area contributed by atoms with Crippen molar-refractivity contribution in [2.45, 2.75) is 51.6 Å². The minimum Gasteiger partial charge on any atom is -0.324 e. The molecule has 1 saturated carbocycles. The van der Waals surface area contributed by atoms with E-state index in [9.17, 15) is 0 Å². The summed E-state index contributed by atoms with van der Waals surface area (Å²) in [5.41, 5.74) is 0. The quantitative estimate of drug-likeness (QED) is 0.570. The van der Waals surface area contributed by atoms with Crippen LogP contribution in [0.1, 0.15) is 39.5 Å². The van der Waals surface area contributed by atoms with E-state index in [1.54, 1.807) is 0 Å². The van der Waals surface area contributed by atoms with Crippen LogP contribution in [0.3, 0.4) is 0 Å². The van der Waals surface area contributed by atoms with E-state index in [1.807, 2.05) is 9.80 Å². The summed E-state index contributed by atoms with van der Waals surface area (Å²) in [6.07, 6.45) is 6.00. The van der Waals surface area contributed by atoms with Gasteiger partial charge in [0.25, 0.3) is 0 Å². The molecule has 82 valence electrons. The molecule has 0 atom stereocenters. The van der Waals surface area contributed by atoms with Gasteiger partial charge in [-0.15, -0.1) is 0 Å². The van der Waals surface area contributed by atoms with Crippen LogP contribution < -0.4 is 9.80 Å². The Bertz CT molecular complexity index is 165. The summed E-state index contributed by atoms with van der Waals surface area (Å²) in [4.78, 5) is 3.75. The first-order valence-corrected chi connectivity index (χ1v) is 6.46. The molecule has 2 heteroatoms. The van der Waals surface area contributed by atoms with E-state index < -0.39 is 0 Å². The van der Waals surface area contributed by atoms with Gasteiger partial charge in [-0.2, -0.15) is 0 Å². The second-order valence-corrected chi connectivity index (χ2v) is 5.45. The molecule has 0 radical (unpaired) electrons. The molecule has 0 bridgehead atoms. The van der Waals surface area contributed by atoms with Gasteiger partial charge in [-0.05, 0) is 39.5 Å². The van der Waals surface area contributed by atoms with Gasteiger partial charge in [0.15, 0.2) is 0 Å². The lowest BCUT2D eigenvalue weighted by Crippen LogP contribution is -3.30. The normalized spacial score (nSPS) is 35.4. The zero-order valence-corrected chi connectivity index (χ0v) is 9.81. The predicted octanol–water partition coefficient (Wildman–Crippen LogP) is -0.879. The summed E-state index contributed by atoms with van der Waals surface area (Å²) in [6, 6.07) is 1.86. The van der Waals surface area contributed by atoms with Crippen molar-refractivity contribution in [3.63, 3.8) is 0 Å². The number of nitrogens with one attached hydrogen (secondary N) is 2. The SMILES string of the molecule is CC(C)[NH+]1CC[NH+](C2CCCC2)CC1. The minimum absolute atomic E-state index is 0.833. The van der Waals surface area contributed by atoms with Crippen LogP contribution in [0, 0.1) is 0 Å². The van der Waals surface area contributed by atoms with Gasteiger partial charge in [-0.1, -0.05) is 0 Å². The Labute approximate surface area is 88.3 Å². The van der Waals surface area contributed by atoms with Gasteiger partial charge >= 0.3 is 0 Å². The number of piperazine rings is 1. The van der Waals surface area contributed by atoms with Gasteiger partial charge in [0, 0.05) is 0 Å². The van der Waals surface area contributed by atoms with Crippen molar-refractivity contribution in [1.82, 2.24) is 0 Å². The Kier molecular flexibility index (Phi) is 3.45. The smallest absolute Gasteiger partial charge is 0.127 e. The van der Waals surface area contributed by atoms with Crippen LogP contribution in [0.5, 0.6) is 0 Å². The average Bonchev–Trinajstić information content (AvgIpc) is 2.71. The van der Waals surface area contributed by atoms with Gasteiger partial charge in [-0.3, -0.25) is 0 Å². The molecule has 1 aliphatic carbocycles. The van der Waals surface area contributed by atoms with Crippen LogP contribution in [0.15, 0.2) is 0 Å². The molecule has 0 aromatic heterocycles. The molecule has 2 nitrogen and oxygen atoms in total. The predicted molar refractivity (Wildman–Crippen MR) is 58.8 cm³/mol. The van der Waals surface area contributed by atoms with Crippen LogP contribution in [-0.4, -0.2) is 38.3 Å². The number of hydrogen-bond donors (Lipinski definition) is 2. The van der Waals surface area contributed by atoms with Crippen molar-refractivity contribution in [1.29, 1.82) is 0 Å². The lowest BCUT2D eigenvalue weighted by Gasteiger charge is -2.34. The third-order valence-electron chi connectivity index (χ3n) is 4.28. The third kappa shape index (κ3) is 2.29. The Morgan fingerprint density at radius 2 is 1.50 bits per heavy atom. The van der Waals surface area contributed by atoms with E-state index in [0.29, 0.717) is 0 Å². The highest BCUT2D eigenvalue weighted by Gasteiger charge is 2.31. The second kappa shape index (κ2) is 4.63. The molecular weight excluding hydrogens is 172 g/mol. The highest BCUT2D eigenvalue weighted by Crippen LogP contribution is 2.15. The lowest BCUT2D eigenvalue weighted by molar-refractivity contribution is -1.03. The highest BCUT2D eigenvalue weighted by atomic mass is 15.3. The van der Waals surface area contributed by atoms with Crippen LogP contribution in [-0.2, 0) is 0 Å². The van der Waals surface area contributed by atoms with Gasteiger partial charge in [0.1, 0.15) is 26.2 Å². The summed E-state index contributed by atoms with van der Waals surface area (Å²) in [5.74, 6) is 0. The summed E-state index contributed by atoms with van der Waals surface area (Å²) in [5, 5.41) is 0. The number of rotatable bonds is 2. The number of hydrogen-bond acceptors (Lipinski definition) is 0. The van der Waals surface area contributed by atoms with Crippen LogP contribution >= 0.6 is 0 Å². The molecular formula is C12H26N2+2. The topological polar surface area (TPSA) is 8.88 Å². The van der Waals surface area contributed by atoms with Crippen molar-refractivity contribution < 1.29 is 9.80 Å². The van der Waals surface area contributed by atoms with Gasteiger partial charge in [0.05, 0.1) is 12.1 Å². The first-order chi connectivity index (χ1) is 6.77. The Hall–Kier alpha value is -0.0800. The first-order valence-electron chi connectivity index (χ1n) is 6.46. The molecule has 2 rings (SSSR count). The molecule has 0 aromatic rings. The van der Waals surface area contributed by atoms with E-state index in [-0.39, 0.29) is 0 Å². The molecule has 0 spiro atoms. The lowest BCUT2D eigenvalue weighted by atomic mass is 10.1.